The summed E-state index contributed by atoms with van der Waals surface area (Å²) in [5.74, 6) is 1.61. The summed E-state index contributed by atoms with van der Waals surface area (Å²) in [5.41, 5.74) is 5.75. The van der Waals surface area contributed by atoms with Crippen LogP contribution in [-0.2, 0) is 4.79 Å². The maximum Gasteiger partial charge on any atom is 0.219 e. The van der Waals surface area contributed by atoms with Crippen molar-refractivity contribution >= 4 is 17.5 Å². The van der Waals surface area contributed by atoms with Crippen LogP contribution < -0.4 is 15.4 Å². The van der Waals surface area contributed by atoms with E-state index >= 15 is 0 Å². The summed E-state index contributed by atoms with van der Waals surface area (Å²) >= 11 is 0. The van der Waals surface area contributed by atoms with Gasteiger partial charge in [0.15, 0.2) is 11.6 Å². The van der Waals surface area contributed by atoms with Crippen molar-refractivity contribution < 1.29 is 9.53 Å². The van der Waals surface area contributed by atoms with E-state index in [9.17, 15) is 4.79 Å². The first-order valence-corrected chi connectivity index (χ1v) is 5.78. The molecule has 7 heteroatoms. The van der Waals surface area contributed by atoms with E-state index in [4.69, 9.17) is 10.5 Å². The van der Waals surface area contributed by atoms with Crippen molar-refractivity contribution in [2.45, 2.75) is 6.92 Å². The van der Waals surface area contributed by atoms with E-state index in [0.717, 1.165) is 0 Å². The van der Waals surface area contributed by atoms with Gasteiger partial charge in [0.1, 0.15) is 6.33 Å². The summed E-state index contributed by atoms with van der Waals surface area (Å²) in [5, 5.41) is 0. The van der Waals surface area contributed by atoms with Gasteiger partial charge in [0.2, 0.25) is 11.7 Å². The first-order chi connectivity index (χ1) is 8.63. The number of aromatic nitrogens is 2. The number of carbonyl (C=O) groups excluding carboxylic acids is 1. The summed E-state index contributed by atoms with van der Waals surface area (Å²) in [7, 11) is 1.55. The number of methoxy groups -OCH3 is 1. The third-order valence-corrected chi connectivity index (χ3v) is 3.04. The van der Waals surface area contributed by atoms with Crippen molar-refractivity contribution in [3.05, 3.63) is 6.33 Å². The molecule has 0 saturated carbocycles. The van der Waals surface area contributed by atoms with E-state index in [1.165, 1.54) is 6.33 Å². The van der Waals surface area contributed by atoms with Gasteiger partial charge < -0.3 is 20.3 Å². The van der Waals surface area contributed by atoms with Crippen LogP contribution in [0.1, 0.15) is 6.92 Å². The normalized spacial score (nSPS) is 15.7. The summed E-state index contributed by atoms with van der Waals surface area (Å²) < 4.78 is 5.23. The lowest BCUT2D eigenvalue weighted by atomic mass is 10.3. The van der Waals surface area contributed by atoms with Gasteiger partial charge in [-0.15, -0.1) is 0 Å². The first-order valence-electron chi connectivity index (χ1n) is 5.78. The number of piperazine rings is 1. The second-order valence-electron chi connectivity index (χ2n) is 4.11. The minimum Gasteiger partial charge on any atom is -0.490 e. The molecule has 1 aromatic rings. The second kappa shape index (κ2) is 5.07. The summed E-state index contributed by atoms with van der Waals surface area (Å²) in [6.07, 6.45) is 1.42. The zero-order chi connectivity index (χ0) is 13.1. The molecule has 2 heterocycles. The maximum atomic E-state index is 11.3. The molecule has 7 nitrogen and oxygen atoms in total. The molecule has 0 radical (unpaired) electrons. The Morgan fingerprint density at radius 1 is 1.33 bits per heavy atom. The molecule has 1 amide bonds. The number of nitrogens with two attached hydrogens (primary N) is 1. The maximum absolute atomic E-state index is 11.3. The number of hydrogen-bond donors (Lipinski definition) is 1. The van der Waals surface area contributed by atoms with Gasteiger partial charge in [0.05, 0.1) is 7.11 Å². The standard InChI is InChI=1S/C11H17N5O2/c1-8(17)15-3-5-16(6-4-15)11-9(18-2)10(12)13-7-14-11/h7H,3-6H2,1-2H3,(H2,12,13,14). The molecule has 2 rings (SSSR count). The van der Waals surface area contributed by atoms with Crippen LogP contribution in [-0.4, -0.2) is 54.1 Å². The average Bonchev–Trinajstić information content (AvgIpc) is 2.38. The monoisotopic (exact) mass is 251 g/mol. The molecule has 98 valence electrons. The van der Waals surface area contributed by atoms with Crippen molar-refractivity contribution in [1.29, 1.82) is 0 Å². The van der Waals surface area contributed by atoms with Crippen molar-refractivity contribution in [2.24, 2.45) is 0 Å². The van der Waals surface area contributed by atoms with Gasteiger partial charge in [-0.25, -0.2) is 9.97 Å². The van der Waals surface area contributed by atoms with Crippen molar-refractivity contribution in [3.8, 4) is 5.75 Å². The molecule has 0 spiro atoms. The molecule has 0 bridgehead atoms. The third-order valence-electron chi connectivity index (χ3n) is 3.04. The third kappa shape index (κ3) is 2.29. The Labute approximate surface area is 106 Å². The molecular formula is C11H17N5O2. The number of anilines is 2. The molecule has 2 N–H and O–H groups in total. The van der Waals surface area contributed by atoms with Crippen LogP contribution in [0, 0.1) is 0 Å². The van der Waals surface area contributed by atoms with Gasteiger partial charge in [0, 0.05) is 33.1 Å². The highest BCUT2D eigenvalue weighted by Crippen LogP contribution is 2.30. The number of amides is 1. The number of carbonyl (C=O) groups is 1. The van der Waals surface area contributed by atoms with Crippen LogP contribution >= 0.6 is 0 Å². The highest BCUT2D eigenvalue weighted by molar-refractivity contribution is 5.73. The van der Waals surface area contributed by atoms with Gasteiger partial charge >= 0.3 is 0 Å². The van der Waals surface area contributed by atoms with Crippen LogP contribution in [0.15, 0.2) is 6.33 Å². The molecule has 1 fully saturated rings. The highest BCUT2D eigenvalue weighted by Gasteiger charge is 2.23. The Morgan fingerprint density at radius 2 is 2.00 bits per heavy atom. The highest BCUT2D eigenvalue weighted by atomic mass is 16.5. The van der Waals surface area contributed by atoms with E-state index in [1.807, 2.05) is 4.90 Å². The van der Waals surface area contributed by atoms with Crippen LogP contribution in [0.5, 0.6) is 5.75 Å². The quantitative estimate of drug-likeness (QED) is 0.779. The fourth-order valence-corrected chi connectivity index (χ4v) is 2.03. The van der Waals surface area contributed by atoms with Gasteiger partial charge in [-0.3, -0.25) is 4.79 Å². The Morgan fingerprint density at radius 3 is 2.56 bits per heavy atom. The van der Waals surface area contributed by atoms with Crippen molar-refractivity contribution in [3.63, 3.8) is 0 Å². The fourth-order valence-electron chi connectivity index (χ4n) is 2.03. The molecule has 0 aliphatic carbocycles. The zero-order valence-electron chi connectivity index (χ0n) is 10.6. The molecular weight excluding hydrogens is 234 g/mol. The SMILES string of the molecule is COc1c(N)ncnc1N1CCN(C(C)=O)CC1. The predicted octanol–water partition coefficient (Wildman–Crippen LogP) is -0.264. The number of nitrogen functional groups attached to an aromatic ring is 1. The van der Waals surface area contributed by atoms with Gasteiger partial charge in [-0.2, -0.15) is 0 Å². The van der Waals surface area contributed by atoms with Gasteiger partial charge in [0.25, 0.3) is 0 Å². The van der Waals surface area contributed by atoms with Crippen molar-refractivity contribution in [1.82, 2.24) is 14.9 Å². The molecule has 0 aromatic carbocycles. The Kier molecular flexibility index (Phi) is 3.50. The van der Waals surface area contributed by atoms with E-state index < -0.39 is 0 Å². The molecule has 1 aliphatic heterocycles. The van der Waals surface area contributed by atoms with E-state index in [-0.39, 0.29) is 5.91 Å². The topological polar surface area (TPSA) is 84.6 Å². The smallest absolute Gasteiger partial charge is 0.219 e. The molecule has 0 atom stereocenters. The Balaban J connectivity index is 2.14. The lowest BCUT2D eigenvalue weighted by Gasteiger charge is -2.35. The van der Waals surface area contributed by atoms with Gasteiger partial charge in [-0.1, -0.05) is 0 Å². The van der Waals surface area contributed by atoms with Crippen LogP contribution in [0.25, 0.3) is 0 Å². The fraction of sp³-hybridized carbons (Fsp3) is 0.545. The van der Waals surface area contributed by atoms with Gasteiger partial charge in [-0.05, 0) is 0 Å². The molecule has 0 unspecified atom stereocenters. The first kappa shape index (κ1) is 12.4. The lowest BCUT2D eigenvalue weighted by molar-refractivity contribution is -0.129. The van der Waals surface area contributed by atoms with E-state index in [1.54, 1.807) is 14.0 Å². The number of ether oxygens (including phenoxy) is 1. The van der Waals surface area contributed by atoms with Crippen molar-refractivity contribution in [2.75, 3.05) is 43.9 Å². The molecule has 1 saturated heterocycles. The second-order valence-corrected chi connectivity index (χ2v) is 4.11. The zero-order valence-corrected chi connectivity index (χ0v) is 10.6. The molecule has 1 aromatic heterocycles. The number of nitrogens with zero attached hydrogens (tertiary/aromatic N) is 4. The predicted molar refractivity (Wildman–Crippen MR) is 67.5 cm³/mol. The lowest BCUT2D eigenvalue weighted by Crippen LogP contribution is -2.48. The summed E-state index contributed by atoms with van der Waals surface area (Å²) in [6, 6.07) is 0. The van der Waals surface area contributed by atoms with E-state index in [2.05, 4.69) is 14.9 Å². The molecule has 1 aliphatic rings. The Bertz CT molecular complexity index is 443. The number of rotatable bonds is 2. The summed E-state index contributed by atoms with van der Waals surface area (Å²) in [6.45, 7) is 4.38. The number of hydrogen-bond acceptors (Lipinski definition) is 6. The molecule has 18 heavy (non-hydrogen) atoms. The van der Waals surface area contributed by atoms with Crippen LogP contribution in [0.3, 0.4) is 0 Å². The average molecular weight is 251 g/mol. The van der Waals surface area contributed by atoms with Crippen LogP contribution in [0.2, 0.25) is 0 Å². The Hall–Kier alpha value is -2.05. The largest absolute Gasteiger partial charge is 0.490 e. The van der Waals surface area contributed by atoms with E-state index in [0.29, 0.717) is 43.6 Å². The summed E-state index contributed by atoms with van der Waals surface area (Å²) in [4.78, 5) is 23.2. The minimum absolute atomic E-state index is 0.101. The van der Waals surface area contributed by atoms with Crippen LogP contribution in [0.4, 0.5) is 11.6 Å². The minimum atomic E-state index is 0.101.